The van der Waals surface area contributed by atoms with E-state index in [4.69, 9.17) is 33.2 Å². The van der Waals surface area contributed by atoms with Crippen molar-refractivity contribution in [2.45, 2.75) is 0 Å². The third-order valence-corrected chi connectivity index (χ3v) is 0. The smallest absolute Gasteiger partial charge is 0 e. The van der Waals surface area contributed by atoms with E-state index in [1.54, 1.807) is 14.7 Å². The Hall–Kier alpha value is -1.68. The summed E-state index contributed by atoms with van der Waals surface area (Å²) in [4.78, 5) is 5.25. The summed E-state index contributed by atoms with van der Waals surface area (Å²) < 4.78 is 0. The first kappa shape index (κ1) is 64.6. The van der Waals surface area contributed by atoms with Crippen LogP contribution in [0.25, 0.3) is 49.8 Å². The summed E-state index contributed by atoms with van der Waals surface area (Å²) in [6.07, 6.45) is 0. The molecule has 0 aliphatic carbocycles. The maximum absolute atomic E-state index is 6.86. The summed E-state index contributed by atoms with van der Waals surface area (Å²) in [6, 6.07) is 0. The molecule has 0 atom stereocenters. The van der Waals surface area contributed by atoms with Gasteiger partial charge >= 0.3 is 0 Å². The van der Waals surface area contributed by atoms with E-state index in [1.807, 2.05) is 0 Å². The zero-order chi connectivity index (χ0) is 8.12. The van der Waals surface area contributed by atoms with Gasteiger partial charge in [0.2, 0.25) is 0 Å². The SMILES string of the molecule is [Co].[N-]=[N+]=N.[N-]=[N+]=N.[N-]=[N+]=N.[NH2-].[NH2-].[NH2-]. The zero-order valence-electron chi connectivity index (χ0n) is 6.25. The number of hydrogen-bond acceptors (Lipinski definition) is 3. The van der Waals surface area contributed by atoms with Crippen LogP contribution in [0.5, 0.6) is 0 Å². The summed E-state index contributed by atoms with van der Waals surface area (Å²) in [7, 11) is 0. The Bertz CT molecular complexity index is 96.7. The number of nitrogens with zero attached hydrogens (tertiary/aromatic N) is 6. The Labute approximate surface area is 83.9 Å². The van der Waals surface area contributed by atoms with E-state index >= 15 is 0 Å². The van der Waals surface area contributed by atoms with Crippen LogP contribution in [-0.4, -0.2) is 0 Å². The predicted molar refractivity (Wildman–Crippen MR) is 44.2 cm³/mol. The molecule has 13 heavy (non-hydrogen) atoms. The molecule has 0 aromatic heterocycles. The van der Waals surface area contributed by atoms with Gasteiger partial charge in [0.25, 0.3) is 0 Å². The van der Waals surface area contributed by atoms with E-state index in [-0.39, 0.29) is 35.2 Å². The van der Waals surface area contributed by atoms with Crippen LogP contribution in [0.4, 0.5) is 0 Å². The average Bonchev–Trinajstić information content (AvgIpc) is 1.70. The minimum Gasteiger partial charge on any atom is -0.693 e. The van der Waals surface area contributed by atoms with Gasteiger partial charge < -0.3 is 18.5 Å². The Balaban J connectivity index is -0.00000000720. The van der Waals surface area contributed by atoms with Crippen LogP contribution in [0, 0.1) is 16.6 Å². The van der Waals surface area contributed by atoms with Crippen LogP contribution >= 0.6 is 0 Å². The summed E-state index contributed by atoms with van der Waals surface area (Å²) in [5, 5.41) is 0. The normalized spacial score (nSPS) is 1.85. The molecule has 13 heteroatoms. The molecule has 0 rings (SSSR count). The standard InChI is InChI=1S/Co.3HN3.3H2N/c;3*1-3-2;;;/h;3*1H;3*1H2/q;;;;3*-1. The van der Waals surface area contributed by atoms with E-state index in [9.17, 15) is 0 Å². The molecule has 0 unspecified atom stereocenters. The molecule has 0 aliphatic heterocycles. The van der Waals surface area contributed by atoms with E-state index in [2.05, 4.69) is 0 Å². The van der Waals surface area contributed by atoms with Crippen molar-refractivity contribution in [1.29, 1.82) is 16.6 Å². The molecule has 0 saturated heterocycles. The molecule has 0 amide bonds. The molecule has 0 fully saturated rings. The summed E-state index contributed by atoms with van der Waals surface area (Å²) in [5.74, 6) is 0. The summed E-state index contributed by atoms with van der Waals surface area (Å²) >= 11 is 0. The Morgan fingerprint density at radius 3 is 0.615 bits per heavy atom. The molecule has 0 aliphatic rings. The second-order valence-electron chi connectivity index (χ2n) is 0.300. The molecule has 0 saturated carbocycles. The number of hydrogen-bond donors (Lipinski definition) is 3. The van der Waals surface area contributed by atoms with Crippen molar-refractivity contribution >= 4 is 0 Å². The fourth-order valence-corrected chi connectivity index (χ4v) is 0. The van der Waals surface area contributed by atoms with Crippen LogP contribution in [0.3, 0.4) is 0 Å². The first-order chi connectivity index (χ1) is 4.24. The molecule has 0 heterocycles. The Morgan fingerprint density at radius 2 is 0.615 bits per heavy atom. The maximum atomic E-state index is 6.86. The predicted octanol–water partition coefficient (Wildman–Crippen LogP) is 4.78. The van der Waals surface area contributed by atoms with Gasteiger partial charge in [-0.3, -0.25) is 0 Å². The molecule has 0 aromatic carbocycles. The summed E-state index contributed by atoms with van der Waals surface area (Å²) in [5.41, 5.74) is 36.8. The van der Waals surface area contributed by atoms with Crippen LogP contribution in [0.2, 0.25) is 0 Å². The first-order valence-corrected chi connectivity index (χ1v) is 1.27. The van der Waals surface area contributed by atoms with Crippen molar-refractivity contribution in [3.8, 4) is 0 Å². The molecule has 9 N–H and O–H groups in total. The van der Waals surface area contributed by atoms with Gasteiger partial charge in [-0.1, -0.05) is 0 Å². The topological polar surface area (TPSA) is 281 Å². The van der Waals surface area contributed by atoms with Gasteiger partial charge in [-0.05, 0) is 31.3 Å². The minimum absolute atomic E-state index is 0. The number of nitrogens with one attached hydrogen (secondary N) is 3. The molecule has 0 aromatic rings. The molecule has 1 radical (unpaired) electrons. The fourth-order valence-electron chi connectivity index (χ4n) is 0. The summed E-state index contributed by atoms with van der Waals surface area (Å²) in [6.45, 7) is 0. The van der Waals surface area contributed by atoms with Crippen molar-refractivity contribution in [3.63, 3.8) is 0 Å². The van der Waals surface area contributed by atoms with Crippen LogP contribution in [-0.2, 0) is 16.8 Å². The Morgan fingerprint density at radius 1 is 0.615 bits per heavy atom. The molecular formula is H9CoN12-3. The molecule has 12 nitrogen and oxygen atoms in total. The van der Waals surface area contributed by atoms with Gasteiger partial charge in [-0.15, -0.1) is 16.6 Å². The van der Waals surface area contributed by atoms with Gasteiger partial charge in [-0.2, -0.15) is 0 Å². The van der Waals surface area contributed by atoms with Gasteiger partial charge in [0.15, 0.2) is 0 Å². The van der Waals surface area contributed by atoms with Crippen LogP contribution < -0.4 is 0 Å². The molecule has 0 bridgehead atoms. The molecule has 81 valence electrons. The van der Waals surface area contributed by atoms with E-state index < -0.39 is 0 Å². The van der Waals surface area contributed by atoms with Crippen molar-refractivity contribution < 1.29 is 16.8 Å². The van der Waals surface area contributed by atoms with Crippen LogP contribution in [0.15, 0.2) is 0 Å². The van der Waals surface area contributed by atoms with E-state index in [1.165, 1.54) is 0 Å². The van der Waals surface area contributed by atoms with Gasteiger partial charge in [0, 0.05) is 16.8 Å². The largest absolute Gasteiger partial charge is 0.693 e. The maximum Gasteiger partial charge on any atom is 0 e. The average molecular weight is 236 g/mol. The van der Waals surface area contributed by atoms with Crippen molar-refractivity contribution in [2.24, 2.45) is 0 Å². The monoisotopic (exact) mass is 236 g/mol. The molecule has 0 spiro atoms. The third-order valence-electron chi connectivity index (χ3n) is 0. The van der Waals surface area contributed by atoms with Gasteiger partial charge in [0.05, 0.1) is 0 Å². The molecular weight excluding hydrogens is 227 g/mol. The third kappa shape index (κ3) is 252. The van der Waals surface area contributed by atoms with Crippen LogP contribution in [0.1, 0.15) is 0 Å². The minimum atomic E-state index is 0. The zero-order valence-corrected chi connectivity index (χ0v) is 7.29. The van der Waals surface area contributed by atoms with Crippen molar-refractivity contribution in [1.82, 2.24) is 0 Å². The van der Waals surface area contributed by atoms with Crippen molar-refractivity contribution in [3.05, 3.63) is 49.8 Å². The van der Waals surface area contributed by atoms with Crippen molar-refractivity contribution in [2.75, 3.05) is 0 Å². The number of rotatable bonds is 0. The number of nitrogens with two attached hydrogens (primary N) is 3. The van der Waals surface area contributed by atoms with E-state index in [0.717, 1.165) is 0 Å². The second kappa shape index (κ2) is 517. The quantitative estimate of drug-likeness (QED) is 0.290. The van der Waals surface area contributed by atoms with E-state index in [0.29, 0.717) is 0 Å². The fraction of sp³-hybridized carbons (Fsp3) is 0. The second-order valence-corrected chi connectivity index (χ2v) is 0.300. The first-order valence-electron chi connectivity index (χ1n) is 1.27. The van der Waals surface area contributed by atoms with Gasteiger partial charge in [0.1, 0.15) is 0 Å². The van der Waals surface area contributed by atoms with Gasteiger partial charge in [-0.25, -0.2) is 0 Å². The Kier molecular flexibility index (Phi) is 2570.